The summed E-state index contributed by atoms with van der Waals surface area (Å²) in [7, 11) is 2.02. The average molecular weight is 349 g/mol. The second-order valence-corrected chi connectivity index (χ2v) is 6.47. The van der Waals surface area contributed by atoms with Gasteiger partial charge in [0.25, 0.3) is 0 Å². The van der Waals surface area contributed by atoms with Crippen molar-refractivity contribution in [1.29, 1.82) is 0 Å². The van der Waals surface area contributed by atoms with Crippen molar-refractivity contribution in [1.82, 2.24) is 4.98 Å². The molecule has 0 bridgehead atoms. The lowest BCUT2D eigenvalue weighted by Gasteiger charge is -2.21. The Hall–Kier alpha value is -1.39. The van der Waals surface area contributed by atoms with E-state index >= 15 is 0 Å². The Morgan fingerprint density at radius 1 is 1.19 bits per heavy atom. The highest BCUT2D eigenvalue weighted by atomic mass is 79.9. The van der Waals surface area contributed by atoms with E-state index in [-0.39, 0.29) is 6.61 Å². The van der Waals surface area contributed by atoms with Gasteiger partial charge in [-0.3, -0.25) is 0 Å². The van der Waals surface area contributed by atoms with E-state index in [1.807, 2.05) is 31.3 Å². The fourth-order valence-electron chi connectivity index (χ4n) is 2.17. The summed E-state index contributed by atoms with van der Waals surface area (Å²) in [6.07, 6.45) is 0. The van der Waals surface area contributed by atoms with E-state index in [0.717, 1.165) is 28.1 Å². The minimum Gasteiger partial charge on any atom is -0.392 e. The van der Waals surface area contributed by atoms with Crippen LogP contribution in [-0.2, 0) is 13.2 Å². The first-order valence-electron chi connectivity index (χ1n) is 7.07. The maximum absolute atomic E-state index is 9.42. The highest BCUT2D eigenvalue weighted by molar-refractivity contribution is 9.10. The van der Waals surface area contributed by atoms with Crippen molar-refractivity contribution >= 4 is 21.7 Å². The largest absolute Gasteiger partial charge is 0.392 e. The number of pyridine rings is 1. The Balaban J connectivity index is 2.25. The van der Waals surface area contributed by atoms with E-state index < -0.39 is 0 Å². The molecule has 0 saturated carbocycles. The minimum atomic E-state index is 0.0416. The molecule has 0 unspecified atom stereocenters. The number of anilines is 1. The summed E-state index contributed by atoms with van der Waals surface area (Å²) >= 11 is 3.49. The van der Waals surface area contributed by atoms with Gasteiger partial charge in [-0.05, 0) is 41.3 Å². The number of aliphatic hydroxyl groups is 1. The number of hydrogen-bond acceptors (Lipinski definition) is 3. The van der Waals surface area contributed by atoms with Crippen molar-refractivity contribution < 1.29 is 5.11 Å². The fraction of sp³-hybridized carbons (Fsp3) is 0.353. The molecule has 1 heterocycles. The van der Waals surface area contributed by atoms with Crippen molar-refractivity contribution in [2.45, 2.75) is 32.9 Å². The molecule has 0 spiro atoms. The zero-order valence-corrected chi connectivity index (χ0v) is 14.3. The van der Waals surface area contributed by atoms with Crippen molar-refractivity contribution in [2.24, 2.45) is 0 Å². The molecule has 2 aromatic rings. The van der Waals surface area contributed by atoms with Crippen LogP contribution in [0.2, 0.25) is 0 Å². The van der Waals surface area contributed by atoms with Gasteiger partial charge in [0, 0.05) is 23.8 Å². The summed E-state index contributed by atoms with van der Waals surface area (Å²) in [5.41, 5.74) is 3.14. The zero-order valence-electron chi connectivity index (χ0n) is 12.7. The molecule has 0 saturated heterocycles. The Labute approximate surface area is 134 Å². The van der Waals surface area contributed by atoms with Gasteiger partial charge in [0.05, 0.1) is 6.61 Å². The van der Waals surface area contributed by atoms with Gasteiger partial charge in [0.1, 0.15) is 5.82 Å². The number of benzene rings is 1. The van der Waals surface area contributed by atoms with Crippen molar-refractivity contribution in [3.63, 3.8) is 0 Å². The molecule has 0 aliphatic heterocycles. The standard InChI is InChI=1S/C17H21BrN2O/c1-12(2)16-8-14(11-21)9-17(19-16)20(3)10-13-5-4-6-15(18)7-13/h4-9,12,21H,10-11H2,1-3H3. The van der Waals surface area contributed by atoms with Gasteiger partial charge in [-0.25, -0.2) is 4.98 Å². The number of halogens is 1. The normalized spacial score (nSPS) is 11.0. The average Bonchev–Trinajstić information content (AvgIpc) is 2.46. The number of rotatable bonds is 5. The summed E-state index contributed by atoms with van der Waals surface area (Å²) in [5, 5.41) is 9.42. The van der Waals surface area contributed by atoms with Crippen LogP contribution < -0.4 is 4.90 Å². The van der Waals surface area contributed by atoms with Crippen LogP contribution in [0.15, 0.2) is 40.9 Å². The number of nitrogens with zero attached hydrogens (tertiary/aromatic N) is 2. The SMILES string of the molecule is CC(C)c1cc(CO)cc(N(C)Cc2cccc(Br)c2)n1. The third-order valence-corrected chi connectivity index (χ3v) is 3.86. The van der Waals surface area contributed by atoms with Crippen LogP contribution in [0.3, 0.4) is 0 Å². The molecule has 0 aliphatic carbocycles. The highest BCUT2D eigenvalue weighted by Gasteiger charge is 2.10. The van der Waals surface area contributed by atoms with E-state index in [2.05, 4.69) is 46.8 Å². The lowest BCUT2D eigenvalue weighted by atomic mass is 10.1. The third-order valence-electron chi connectivity index (χ3n) is 3.37. The molecule has 1 aromatic heterocycles. The van der Waals surface area contributed by atoms with E-state index in [9.17, 15) is 5.11 Å². The van der Waals surface area contributed by atoms with Crippen molar-refractivity contribution in [3.05, 3.63) is 57.7 Å². The topological polar surface area (TPSA) is 36.4 Å². The van der Waals surface area contributed by atoms with Crippen molar-refractivity contribution in [2.75, 3.05) is 11.9 Å². The summed E-state index contributed by atoms with van der Waals surface area (Å²) in [5.74, 6) is 1.24. The lowest BCUT2D eigenvalue weighted by Crippen LogP contribution is -2.18. The molecule has 112 valence electrons. The van der Waals surface area contributed by atoms with E-state index in [0.29, 0.717) is 5.92 Å². The second kappa shape index (κ2) is 7.05. The molecule has 0 amide bonds. The Morgan fingerprint density at radius 3 is 2.57 bits per heavy atom. The number of aromatic nitrogens is 1. The summed E-state index contributed by atoms with van der Waals surface area (Å²) < 4.78 is 1.08. The Bertz CT molecular complexity index is 613. The van der Waals surface area contributed by atoms with E-state index in [1.165, 1.54) is 5.56 Å². The molecule has 3 nitrogen and oxygen atoms in total. The Kier molecular flexibility index (Phi) is 5.37. The molecular weight excluding hydrogens is 328 g/mol. The van der Waals surface area contributed by atoms with Gasteiger partial charge >= 0.3 is 0 Å². The van der Waals surface area contributed by atoms with Gasteiger partial charge < -0.3 is 10.0 Å². The van der Waals surface area contributed by atoms with Crippen LogP contribution in [0, 0.1) is 0 Å². The van der Waals surface area contributed by atoms with Crippen LogP contribution in [0.1, 0.15) is 36.6 Å². The second-order valence-electron chi connectivity index (χ2n) is 5.56. The molecule has 0 radical (unpaired) electrons. The van der Waals surface area contributed by atoms with Crippen LogP contribution in [0.4, 0.5) is 5.82 Å². The van der Waals surface area contributed by atoms with Gasteiger partial charge in [0.15, 0.2) is 0 Å². The molecule has 2 rings (SSSR count). The molecule has 4 heteroatoms. The third kappa shape index (κ3) is 4.29. The minimum absolute atomic E-state index is 0.0416. The maximum atomic E-state index is 9.42. The summed E-state index contributed by atoms with van der Waals surface area (Å²) in [6.45, 7) is 5.04. The van der Waals surface area contributed by atoms with Gasteiger partial charge in [0.2, 0.25) is 0 Å². The first kappa shape index (κ1) is 16.0. The lowest BCUT2D eigenvalue weighted by molar-refractivity contribution is 0.281. The van der Waals surface area contributed by atoms with Crippen LogP contribution in [0.25, 0.3) is 0 Å². The van der Waals surface area contributed by atoms with E-state index in [4.69, 9.17) is 4.98 Å². The quantitative estimate of drug-likeness (QED) is 0.883. The molecule has 0 atom stereocenters. The van der Waals surface area contributed by atoms with E-state index in [1.54, 1.807) is 0 Å². The number of aliphatic hydroxyl groups excluding tert-OH is 1. The number of hydrogen-bond donors (Lipinski definition) is 1. The predicted molar refractivity (Wildman–Crippen MR) is 90.5 cm³/mol. The van der Waals surface area contributed by atoms with Crippen LogP contribution >= 0.6 is 15.9 Å². The first-order valence-corrected chi connectivity index (χ1v) is 7.86. The maximum Gasteiger partial charge on any atom is 0.129 e. The first-order chi connectivity index (χ1) is 9.99. The molecule has 0 fully saturated rings. The summed E-state index contributed by atoms with van der Waals surface area (Å²) in [4.78, 5) is 6.81. The predicted octanol–water partition coefficient (Wildman–Crippen LogP) is 4.10. The van der Waals surface area contributed by atoms with Gasteiger partial charge in [-0.15, -0.1) is 0 Å². The molecule has 21 heavy (non-hydrogen) atoms. The van der Waals surface area contributed by atoms with Crippen LogP contribution in [-0.4, -0.2) is 17.1 Å². The Morgan fingerprint density at radius 2 is 1.95 bits per heavy atom. The molecule has 1 N–H and O–H groups in total. The fourth-order valence-corrected chi connectivity index (χ4v) is 2.61. The molecular formula is C17H21BrN2O. The monoisotopic (exact) mass is 348 g/mol. The van der Waals surface area contributed by atoms with Gasteiger partial charge in [-0.1, -0.05) is 41.9 Å². The smallest absolute Gasteiger partial charge is 0.129 e. The highest BCUT2D eigenvalue weighted by Crippen LogP contribution is 2.21. The molecule has 0 aliphatic rings. The summed E-state index contributed by atoms with van der Waals surface area (Å²) in [6, 6.07) is 12.2. The van der Waals surface area contributed by atoms with Crippen molar-refractivity contribution in [3.8, 4) is 0 Å². The zero-order chi connectivity index (χ0) is 15.4. The van der Waals surface area contributed by atoms with Gasteiger partial charge in [-0.2, -0.15) is 0 Å². The molecule has 1 aromatic carbocycles. The van der Waals surface area contributed by atoms with Crippen LogP contribution in [0.5, 0.6) is 0 Å².